The number of pyridine rings is 1. The van der Waals surface area contributed by atoms with Crippen molar-refractivity contribution >= 4 is 11.4 Å². The van der Waals surface area contributed by atoms with Gasteiger partial charge in [-0.15, -0.1) is 0 Å². The van der Waals surface area contributed by atoms with Crippen molar-refractivity contribution in [2.45, 2.75) is 0 Å². The minimum atomic E-state index is -0.634. The van der Waals surface area contributed by atoms with Crippen LogP contribution in [0, 0.1) is 0 Å². The van der Waals surface area contributed by atoms with Crippen LogP contribution >= 0.6 is 0 Å². The summed E-state index contributed by atoms with van der Waals surface area (Å²) >= 11 is 0. The third kappa shape index (κ3) is 1.01. The van der Waals surface area contributed by atoms with Gasteiger partial charge in [0.2, 0.25) is 0 Å². The van der Waals surface area contributed by atoms with Crippen LogP contribution in [0.4, 0.5) is 0 Å². The lowest BCUT2D eigenvalue weighted by Crippen LogP contribution is -2.13. The van der Waals surface area contributed by atoms with Gasteiger partial charge in [-0.3, -0.25) is 9.20 Å². The van der Waals surface area contributed by atoms with Gasteiger partial charge in [0.15, 0.2) is 0 Å². The standard InChI is InChI=1S/C8H7N3O2/c9-7(12)6-5-3-1-2-4-11(5)8(13)10-6/h1-4H,(H2,9,12)(H,10,13). The van der Waals surface area contributed by atoms with Gasteiger partial charge in [0.05, 0.1) is 5.52 Å². The Balaban J connectivity index is 2.94. The molecule has 2 rings (SSSR count). The van der Waals surface area contributed by atoms with Crippen molar-refractivity contribution in [3.8, 4) is 0 Å². The largest absolute Gasteiger partial charge is 0.364 e. The van der Waals surface area contributed by atoms with E-state index in [0.29, 0.717) is 5.52 Å². The maximum Gasteiger partial charge on any atom is 0.330 e. The quantitative estimate of drug-likeness (QED) is 0.628. The predicted octanol–water partition coefficient (Wildman–Crippen LogP) is -0.274. The second kappa shape index (κ2) is 2.48. The molecule has 0 atom stereocenters. The first kappa shape index (κ1) is 7.60. The first-order valence-electron chi connectivity index (χ1n) is 3.69. The summed E-state index contributed by atoms with van der Waals surface area (Å²) in [5.74, 6) is -0.634. The predicted molar refractivity (Wildman–Crippen MR) is 46.5 cm³/mol. The zero-order valence-electron chi connectivity index (χ0n) is 6.65. The number of primary amides is 1. The summed E-state index contributed by atoms with van der Waals surface area (Å²) in [5, 5.41) is 0. The minimum Gasteiger partial charge on any atom is -0.364 e. The molecular formula is C8H7N3O2. The molecule has 2 aromatic rings. The van der Waals surface area contributed by atoms with Gasteiger partial charge in [0, 0.05) is 6.20 Å². The maximum absolute atomic E-state index is 11.2. The normalized spacial score (nSPS) is 10.5. The highest BCUT2D eigenvalue weighted by Crippen LogP contribution is 2.04. The number of hydrogen-bond donors (Lipinski definition) is 2. The number of aromatic nitrogens is 2. The number of fused-ring (bicyclic) bond motifs is 1. The smallest absolute Gasteiger partial charge is 0.330 e. The number of rotatable bonds is 1. The van der Waals surface area contributed by atoms with Gasteiger partial charge in [-0.1, -0.05) is 6.07 Å². The number of aromatic amines is 1. The van der Waals surface area contributed by atoms with E-state index in [1.54, 1.807) is 24.4 Å². The summed E-state index contributed by atoms with van der Waals surface area (Å²) < 4.78 is 1.33. The number of amides is 1. The number of nitrogens with zero attached hydrogens (tertiary/aromatic N) is 1. The van der Waals surface area contributed by atoms with Crippen LogP contribution < -0.4 is 11.4 Å². The number of carbonyl (C=O) groups is 1. The second-order valence-electron chi connectivity index (χ2n) is 2.63. The maximum atomic E-state index is 11.2. The zero-order chi connectivity index (χ0) is 9.42. The van der Waals surface area contributed by atoms with Gasteiger partial charge in [0.25, 0.3) is 5.91 Å². The fourth-order valence-corrected chi connectivity index (χ4v) is 1.24. The van der Waals surface area contributed by atoms with Crippen LogP contribution in [0.2, 0.25) is 0 Å². The number of hydrogen-bond acceptors (Lipinski definition) is 2. The highest BCUT2D eigenvalue weighted by atomic mass is 16.2. The van der Waals surface area contributed by atoms with Gasteiger partial charge in [-0.05, 0) is 12.1 Å². The van der Waals surface area contributed by atoms with Crippen molar-refractivity contribution in [2.75, 3.05) is 0 Å². The van der Waals surface area contributed by atoms with E-state index in [-0.39, 0.29) is 11.4 Å². The summed E-state index contributed by atoms with van der Waals surface area (Å²) in [5.41, 5.74) is 5.36. The SMILES string of the molecule is NC(=O)c1[nH]c(=O)n2ccccc12. The summed E-state index contributed by atoms with van der Waals surface area (Å²) in [6.45, 7) is 0. The zero-order valence-corrected chi connectivity index (χ0v) is 6.65. The molecule has 1 amide bonds. The molecule has 66 valence electrons. The van der Waals surface area contributed by atoms with Gasteiger partial charge in [0.1, 0.15) is 5.69 Å². The van der Waals surface area contributed by atoms with Crippen LogP contribution in [0.1, 0.15) is 10.5 Å². The van der Waals surface area contributed by atoms with Crippen LogP contribution in [-0.4, -0.2) is 15.3 Å². The van der Waals surface area contributed by atoms with Crippen molar-refractivity contribution in [2.24, 2.45) is 5.73 Å². The molecule has 13 heavy (non-hydrogen) atoms. The topological polar surface area (TPSA) is 80.4 Å². The number of carbonyl (C=O) groups excluding carboxylic acids is 1. The molecule has 0 aromatic carbocycles. The van der Waals surface area contributed by atoms with Gasteiger partial charge in [-0.25, -0.2) is 4.79 Å². The first-order chi connectivity index (χ1) is 6.20. The first-order valence-corrected chi connectivity index (χ1v) is 3.69. The molecule has 0 bridgehead atoms. The van der Waals surface area contributed by atoms with Crippen molar-refractivity contribution in [1.29, 1.82) is 0 Å². The van der Waals surface area contributed by atoms with Crippen LogP contribution in [0.3, 0.4) is 0 Å². The molecule has 0 saturated heterocycles. The Morgan fingerprint density at radius 2 is 2.23 bits per heavy atom. The number of H-pyrrole nitrogens is 1. The van der Waals surface area contributed by atoms with E-state index >= 15 is 0 Å². The Labute approximate surface area is 72.8 Å². The lowest BCUT2D eigenvalue weighted by Gasteiger charge is -1.91. The Morgan fingerprint density at radius 1 is 1.46 bits per heavy atom. The van der Waals surface area contributed by atoms with E-state index in [9.17, 15) is 9.59 Å². The van der Waals surface area contributed by atoms with E-state index in [0.717, 1.165) is 0 Å². The van der Waals surface area contributed by atoms with E-state index in [2.05, 4.69) is 4.98 Å². The Hall–Kier alpha value is -2.04. The van der Waals surface area contributed by atoms with Crippen molar-refractivity contribution in [3.05, 3.63) is 40.6 Å². The molecule has 0 fully saturated rings. The van der Waals surface area contributed by atoms with Crippen LogP contribution in [0.5, 0.6) is 0 Å². The molecule has 0 aliphatic rings. The van der Waals surface area contributed by atoms with Gasteiger partial charge < -0.3 is 10.7 Å². The number of nitrogens with one attached hydrogen (secondary N) is 1. The lowest BCUT2D eigenvalue weighted by atomic mass is 10.3. The molecule has 0 aliphatic heterocycles. The Bertz CT molecular complexity index is 523. The third-order valence-electron chi connectivity index (χ3n) is 1.81. The molecule has 0 radical (unpaired) electrons. The van der Waals surface area contributed by atoms with Crippen molar-refractivity contribution in [3.63, 3.8) is 0 Å². The summed E-state index contributed by atoms with van der Waals surface area (Å²) in [4.78, 5) is 24.5. The fraction of sp³-hybridized carbons (Fsp3) is 0. The van der Waals surface area contributed by atoms with Crippen molar-refractivity contribution < 1.29 is 4.79 Å². The van der Waals surface area contributed by atoms with Crippen molar-refractivity contribution in [1.82, 2.24) is 9.38 Å². The Kier molecular flexibility index (Phi) is 1.45. The lowest BCUT2D eigenvalue weighted by molar-refractivity contribution is 0.0997. The highest BCUT2D eigenvalue weighted by molar-refractivity contribution is 5.97. The highest BCUT2D eigenvalue weighted by Gasteiger charge is 2.09. The molecule has 0 aliphatic carbocycles. The Morgan fingerprint density at radius 3 is 2.92 bits per heavy atom. The van der Waals surface area contributed by atoms with Gasteiger partial charge in [-0.2, -0.15) is 0 Å². The summed E-state index contributed by atoms with van der Waals surface area (Å²) in [6.07, 6.45) is 1.57. The molecule has 0 saturated carbocycles. The molecule has 3 N–H and O–H groups in total. The fourth-order valence-electron chi connectivity index (χ4n) is 1.24. The average Bonchev–Trinajstić information content (AvgIpc) is 2.45. The summed E-state index contributed by atoms with van der Waals surface area (Å²) in [6, 6.07) is 5.08. The van der Waals surface area contributed by atoms with Gasteiger partial charge >= 0.3 is 5.69 Å². The second-order valence-corrected chi connectivity index (χ2v) is 2.63. The number of nitrogens with two attached hydrogens (primary N) is 1. The van der Waals surface area contributed by atoms with E-state index in [1.165, 1.54) is 4.40 Å². The minimum absolute atomic E-state index is 0.144. The molecular weight excluding hydrogens is 170 g/mol. The summed E-state index contributed by atoms with van der Waals surface area (Å²) in [7, 11) is 0. The van der Waals surface area contributed by atoms with Crippen LogP contribution in [-0.2, 0) is 0 Å². The van der Waals surface area contributed by atoms with E-state index in [1.807, 2.05) is 0 Å². The third-order valence-corrected chi connectivity index (χ3v) is 1.81. The van der Waals surface area contributed by atoms with E-state index < -0.39 is 5.91 Å². The molecule has 2 aromatic heterocycles. The molecule has 5 heteroatoms. The molecule has 0 spiro atoms. The number of imidazole rings is 1. The van der Waals surface area contributed by atoms with Crippen LogP contribution in [0.15, 0.2) is 29.2 Å². The van der Waals surface area contributed by atoms with Crippen LogP contribution in [0.25, 0.3) is 5.52 Å². The molecule has 2 heterocycles. The molecule has 5 nitrogen and oxygen atoms in total. The molecule has 0 unspecified atom stereocenters. The average molecular weight is 177 g/mol. The monoisotopic (exact) mass is 177 g/mol. The van der Waals surface area contributed by atoms with E-state index in [4.69, 9.17) is 5.73 Å².